The normalized spacial score (nSPS) is 24.9. The Kier molecular flexibility index (Phi) is 7.29. The van der Waals surface area contributed by atoms with E-state index in [0.717, 1.165) is 57.7 Å². The minimum absolute atomic E-state index is 0.142. The molecule has 1 saturated carbocycles. The summed E-state index contributed by atoms with van der Waals surface area (Å²) in [5.74, 6) is 1.81. The van der Waals surface area contributed by atoms with Crippen molar-refractivity contribution in [3.63, 3.8) is 0 Å². The van der Waals surface area contributed by atoms with E-state index in [4.69, 9.17) is 0 Å². The standard InChI is InChI=1S/C24H33N5O/c30-24(20-8-10-22(11-9-20)28-23-17-25-12-13-26-23)27-14-16-29-15-4-7-21(18-29)19-5-2-1-3-6-19/h1-3,5-6,12-13,17,20-22H,4,7-11,14-16,18H2,(H,26,28)(H,27,30). The van der Waals surface area contributed by atoms with E-state index in [1.54, 1.807) is 18.6 Å². The van der Waals surface area contributed by atoms with Gasteiger partial charge in [-0.1, -0.05) is 30.3 Å². The second-order valence-electron chi connectivity index (χ2n) is 8.63. The molecule has 160 valence electrons. The zero-order valence-electron chi connectivity index (χ0n) is 17.7. The first-order valence-electron chi connectivity index (χ1n) is 11.4. The van der Waals surface area contributed by atoms with Crippen molar-refractivity contribution in [1.82, 2.24) is 20.2 Å². The maximum absolute atomic E-state index is 12.6. The summed E-state index contributed by atoms with van der Waals surface area (Å²) in [6.45, 7) is 3.92. The van der Waals surface area contributed by atoms with Gasteiger partial charge in [0.05, 0.1) is 6.20 Å². The van der Waals surface area contributed by atoms with Crippen LogP contribution in [0.25, 0.3) is 0 Å². The van der Waals surface area contributed by atoms with Crippen molar-refractivity contribution in [2.45, 2.75) is 50.5 Å². The lowest BCUT2D eigenvalue weighted by Crippen LogP contribution is -2.42. The molecule has 1 saturated heterocycles. The van der Waals surface area contributed by atoms with Crippen LogP contribution >= 0.6 is 0 Å². The predicted octanol–water partition coefficient (Wildman–Crippen LogP) is 3.44. The van der Waals surface area contributed by atoms with Crippen LogP contribution in [-0.2, 0) is 4.79 Å². The van der Waals surface area contributed by atoms with Crippen molar-refractivity contribution in [2.75, 3.05) is 31.5 Å². The fourth-order valence-corrected chi connectivity index (χ4v) is 4.82. The van der Waals surface area contributed by atoms with Gasteiger partial charge in [0.25, 0.3) is 0 Å². The van der Waals surface area contributed by atoms with Crippen LogP contribution in [0, 0.1) is 5.92 Å². The average Bonchev–Trinajstić information content (AvgIpc) is 2.81. The zero-order chi connectivity index (χ0) is 20.6. The Hall–Kier alpha value is -2.47. The fraction of sp³-hybridized carbons (Fsp3) is 0.542. The molecule has 1 unspecified atom stereocenters. The maximum atomic E-state index is 12.6. The van der Waals surface area contributed by atoms with E-state index in [0.29, 0.717) is 12.0 Å². The smallest absolute Gasteiger partial charge is 0.223 e. The van der Waals surface area contributed by atoms with Gasteiger partial charge in [0.1, 0.15) is 5.82 Å². The van der Waals surface area contributed by atoms with Gasteiger partial charge >= 0.3 is 0 Å². The van der Waals surface area contributed by atoms with Crippen LogP contribution in [0.2, 0.25) is 0 Å². The number of carbonyl (C=O) groups excluding carboxylic acids is 1. The number of rotatable bonds is 7. The van der Waals surface area contributed by atoms with E-state index in [1.807, 2.05) is 0 Å². The van der Waals surface area contributed by atoms with Crippen LogP contribution in [0.4, 0.5) is 5.82 Å². The van der Waals surface area contributed by atoms with Gasteiger partial charge in [-0.25, -0.2) is 4.98 Å². The lowest BCUT2D eigenvalue weighted by molar-refractivity contribution is -0.126. The Morgan fingerprint density at radius 1 is 1.07 bits per heavy atom. The topological polar surface area (TPSA) is 70.2 Å². The molecule has 0 bridgehead atoms. The maximum Gasteiger partial charge on any atom is 0.223 e. The van der Waals surface area contributed by atoms with Crippen LogP contribution in [0.3, 0.4) is 0 Å². The number of nitrogens with zero attached hydrogens (tertiary/aromatic N) is 3. The van der Waals surface area contributed by atoms with Crippen molar-refractivity contribution in [1.29, 1.82) is 0 Å². The summed E-state index contributed by atoms with van der Waals surface area (Å²) in [7, 11) is 0. The van der Waals surface area contributed by atoms with Gasteiger partial charge in [0, 0.05) is 44.0 Å². The molecule has 1 aliphatic carbocycles. The van der Waals surface area contributed by atoms with Gasteiger partial charge in [0.15, 0.2) is 0 Å². The van der Waals surface area contributed by atoms with Crippen LogP contribution in [0.5, 0.6) is 0 Å². The Bertz CT molecular complexity index is 777. The third-order valence-corrected chi connectivity index (χ3v) is 6.52. The first-order chi connectivity index (χ1) is 14.8. The number of hydrogen-bond acceptors (Lipinski definition) is 5. The Balaban J connectivity index is 1.15. The molecular weight excluding hydrogens is 374 g/mol. The number of aromatic nitrogens is 2. The number of carbonyl (C=O) groups is 1. The van der Waals surface area contributed by atoms with E-state index in [2.05, 4.69) is 55.8 Å². The molecule has 6 nitrogen and oxygen atoms in total. The van der Waals surface area contributed by atoms with Crippen LogP contribution in [0.1, 0.15) is 50.0 Å². The van der Waals surface area contributed by atoms with Crippen molar-refractivity contribution < 1.29 is 4.79 Å². The Labute approximate surface area is 179 Å². The summed E-state index contributed by atoms with van der Waals surface area (Å²) in [5, 5.41) is 6.63. The highest BCUT2D eigenvalue weighted by Gasteiger charge is 2.27. The number of likely N-dealkylation sites (tertiary alicyclic amines) is 1. The van der Waals surface area contributed by atoms with E-state index in [1.165, 1.54) is 18.4 Å². The summed E-state index contributed by atoms with van der Waals surface area (Å²) in [6.07, 6.45) is 11.5. The van der Waals surface area contributed by atoms with Gasteiger partial charge in [-0.15, -0.1) is 0 Å². The third kappa shape index (κ3) is 5.79. The summed E-state index contributed by atoms with van der Waals surface area (Å²) in [6, 6.07) is 11.2. The van der Waals surface area contributed by atoms with Crippen LogP contribution in [-0.4, -0.2) is 53.0 Å². The highest BCUT2D eigenvalue weighted by atomic mass is 16.1. The highest BCUT2D eigenvalue weighted by molar-refractivity contribution is 5.78. The number of benzene rings is 1. The number of nitrogens with one attached hydrogen (secondary N) is 2. The second-order valence-corrected chi connectivity index (χ2v) is 8.63. The van der Waals surface area contributed by atoms with Crippen molar-refractivity contribution in [3.05, 3.63) is 54.5 Å². The molecular formula is C24H33N5O. The lowest BCUT2D eigenvalue weighted by Gasteiger charge is -2.33. The van der Waals surface area contributed by atoms with Crippen molar-refractivity contribution in [2.24, 2.45) is 5.92 Å². The summed E-state index contributed by atoms with van der Waals surface area (Å²) in [5.41, 5.74) is 1.44. The lowest BCUT2D eigenvalue weighted by atomic mass is 9.85. The van der Waals surface area contributed by atoms with E-state index >= 15 is 0 Å². The van der Waals surface area contributed by atoms with Crippen LogP contribution < -0.4 is 10.6 Å². The summed E-state index contributed by atoms with van der Waals surface area (Å²) in [4.78, 5) is 23.5. The molecule has 6 heteroatoms. The van der Waals surface area contributed by atoms with E-state index < -0.39 is 0 Å². The number of piperidine rings is 1. The fourth-order valence-electron chi connectivity index (χ4n) is 4.82. The molecule has 2 N–H and O–H groups in total. The number of hydrogen-bond donors (Lipinski definition) is 2. The molecule has 2 fully saturated rings. The first kappa shape index (κ1) is 20.8. The van der Waals surface area contributed by atoms with Crippen molar-refractivity contribution in [3.8, 4) is 0 Å². The minimum atomic E-state index is 0.142. The zero-order valence-corrected chi connectivity index (χ0v) is 17.7. The Morgan fingerprint density at radius 2 is 1.90 bits per heavy atom. The first-order valence-corrected chi connectivity index (χ1v) is 11.4. The monoisotopic (exact) mass is 407 g/mol. The molecule has 2 heterocycles. The molecule has 1 aromatic heterocycles. The van der Waals surface area contributed by atoms with Gasteiger partial charge < -0.3 is 15.5 Å². The number of amides is 1. The molecule has 0 radical (unpaired) electrons. The molecule has 1 atom stereocenters. The van der Waals surface area contributed by atoms with Gasteiger partial charge in [0.2, 0.25) is 5.91 Å². The quantitative estimate of drug-likeness (QED) is 0.736. The predicted molar refractivity (Wildman–Crippen MR) is 119 cm³/mol. The molecule has 1 amide bonds. The summed E-state index contributed by atoms with van der Waals surface area (Å²) >= 11 is 0. The average molecular weight is 408 g/mol. The highest BCUT2D eigenvalue weighted by Crippen LogP contribution is 2.27. The molecule has 1 aromatic carbocycles. The second kappa shape index (κ2) is 10.5. The van der Waals surface area contributed by atoms with Gasteiger partial charge in [-0.2, -0.15) is 0 Å². The van der Waals surface area contributed by atoms with E-state index in [9.17, 15) is 4.79 Å². The van der Waals surface area contributed by atoms with Gasteiger partial charge in [-0.05, 0) is 56.6 Å². The SMILES string of the molecule is O=C(NCCN1CCCC(c2ccccc2)C1)C1CCC(Nc2cnccn2)CC1. The van der Waals surface area contributed by atoms with Gasteiger partial charge in [-0.3, -0.25) is 9.78 Å². The molecule has 1 aliphatic heterocycles. The molecule has 2 aliphatic rings. The molecule has 30 heavy (non-hydrogen) atoms. The summed E-state index contributed by atoms with van der Waals surface area (Å²) < 4.78 is 0. The molecule has 4 rings (SSSR count). The third-order valence-electron chi connectivity index (χ3n) is 6.52. The number of anilines is 1. The van der Waals surface area contributed by atoms with E-state index in [-0.39, 0.29) is 11.8 Å². The molecule has 0 spiro atoms. The molecule has 2 aromatic rings. The minimum Gasteiger partial charge on any atom is -0.366 e. The largest absolute Gasteiger partial charge is 0.366 e. The van der Waals surface area contributed by atoms with Crippen LogP contribution in [0.15, 0.2) is 48.9 Å². The van der Waals surface area contributed by atoms with Crippen molar-refractivity contribution >= 4 is 11.7 Å². The Morgan fingerprint density at radius 3 is 2.67 bits per heavy atom.